The van der Waals surface area contributed by atoms with Crippen LogP contribution >= 0.6 is 0 Å². The molecule has 1 spiro atoms. The van der Waals surface area contributed by atoms with E-state index < -0.39 is 17.3 Å². The molecule has 0 bridgehead atoms. The molecule has 4 aliphatic rings. The summed E-state index contributed by atoms with van der Waals surface area (Å²) in [6.45, 7) is 5.88. The molecule has 3 fully saturated rings. The lowest BCUT2D eigenvalue weighted by molar-refractivity contribution is -0.171. The van der Waals surface area contributed by atoms with E-state index in [1.807, 2.05) is 0 Å². The molecule has 1 aliphatic heterocycles. The molecule has 3 unspecified atom stereocenters. The van der Waals surface area contributed by atoms with E-state index >= 15 is 0 Å². The average Bonchev–Trinajstić information content (AvgIpc) is 3.03. The summed E-state index contributed by atoms with van der Waals surface area (Å²) in [7, 11) is 0. The van der Waals surface area contributed by atoms with Gasteiger partial charge < -0.3 is 14.9 Å². The molecule has 0 radical (unpaired) electrons. The Morgan fingerprint density at radius 2 is 2.04 bits per heavy atom. The first kappa shape index (κ1) is 18.3. The van der Waals surface area contributed by atoms with Gasteiger partial charge in [-0.1, -0.05) is 13.8 Å². The maximum absolute atomic E-state index is 13.0. The molecule has 26 heavy (non-hydrogen) atoms. The zero-order chi connectivity index (χ0) is 18.9. The summed E-state index contributed by atoms with van der Waals surface area (Å²) in [5.74, 6) is 0.132. The molecule has 5 nitrogen and oxygen atoms in total. The van der Waals surface area contributed by atoms with Gasteiger partial charge in [-0.2, -0.15) is 0 Å². The van der Waals surface area contributed by atoms with E-state index in [2.05, 4.69) is 13.8 Å². The SMILES string of the molecule is CC(=O)C1CC[C@H]2C3=CC(=O)C(CCO)[C@]4(C)CC(O)O[C@]34CC[C@]12C. The predicted octanol–water partition coefficient (Wildman–Crippen LogP) is 2.39. The Morgan fingerprint density at radius 1 is 1.31 bits per heavy atom. The molecule has 0 aromatic rings. The number of carbonyl (C=O) groups excluding carboxylic acids is 2. The number of aliphatic hydroxyl groups is 2. The molecular weight excluding hydrogens is 332 g/mol. The Hall–Kier alpha value is -1.04. The number of carbonyl (C=O) groups is 2. The molecule has 1 heterocycles. The van der Waals surface area contributed by atoms with Crippen LogP contribution < -0.4 is 0 Å². The monoisotopic (exact) mass is 362 g/mol. The maximum atomic E-state index is 13.0. The Bertz CT molecular complexity index is 684. The quantitative estimate of drug-likeness (QED) is 0.805. The van der Waals surface area contributed by atoms with Crippen LogP contribution in [0.15, 0.2) is 11.6 Å². The van der Waals surface area contributed by atoms with Gasteiger partial charge in [0.15, 0.2) is 12.1 Å². The molecule has 1 saturated heterocycles. The minimum atomic E-state index is -0.884. The Balaban J connectivity index is 1.84. The van der Waals surface area contributed by atoms with Crippen molar-refractivity contribution in [2.24, 2.45) is 28.6 Å². The topological polar surface area (TPSA) is 83.8 Å². The summed E-state index contributed by atoms with van der Waals surface area (Å²) < 4.78 is 6.20. The van der Waals surface area contributed by atoms with Gasteiger partial charge in [0.2, 0.25) is 0 Å². The molecule has 5 heteroatoms. The molecule has 7 atom stereocenters. The van der Waals surface area contributed by atoms with E-state index in [-0.39, 0.29) is 41.3 Å². The predicted molar refractivity (Wildman–Crippen MR) is 95.1 cm³/mol. The standard InChI is InChI=1S/C21H30O5/c1-12(23)13-4-5-14-16-10-17(24)15(6-9-22)20(3)11-18(25)26-21(16,20)8-7-19(13,14)2/h10,13-15,18,22,25H,4-9,11H2,1-3H3/t13?,14-,15?,18?,19+,20-,21+/m0/s1. The minimum Gasteiger partial charge on any atom is -0.396 e. The van der Waals surface area contributed by atoms with Crippen LogP contribution in [0.25, 0.3) is 0 Å². The molecule has 2 saturated carbocycles. The van der Waals surface area contributed by atoms with E-state index in [0.29, 0.717) is 12.8 Å². The summed E-state index contributed by atoms with van der Waals surface area (Å²) in [4.78, 5) is 25.2. The van der Waals surface area contributed by atoms with Gasteiger partial charge >= 0.3 is 0 Å². The third kappa shape index (κ3) is 2.08. The van der Waals surface area contributed by atoms with Gasteiger partial charge in [-0.3, -0.25) is 9.59 Å². The zero-order valence-electron chi connectivity index (χ0n) is 16.0. The second-order valence-corrected chi connectivity index (χ2v) is 9.39. The number of aliphatic hydroxyl groups excluding tert-OH is 2. The molecular formula is C21H30O5. The number of allylic oxidation sites excluding steroid dienone is 1. The van der Waals surface area contributed by atoms with Gasteiger partial charge in [0.05, 0.1) is 5.60 Å². The normalized spacial score (nSPS) is 50.0. The van der Waals surface area contributed by atoms with Gasteiger partial charge in [0.1, 0.15) is 5.78 Å². The fraction of sp³-hybridized carbons (Fsp3) is 0.810. The highest BCUT2D eigenvalue weighted by Crippen LogP contribution is 2.69. The first-order chi connectivity index (χ1) is 12.2. The zero-order valence-corrected chi connectivity index (χ0v) is 16.0. The molecule has 3 aliphatic carbocycles. The van der Waals surface area contributed by atoms with Crippen LogP contribution in [0.5, 0.6) is 0 Å². The molecule has 0 aromatic carbocycles. The third-order valence-electron chi connectivity index (χ3n) is 8.37. The van der Waals surface area contributed by atoms with E-state index in [0.717, 1.165) is 31.3 Å². The summed E-state index contributed by atoms with van der Waals surface area (Å²) >= 11 is 0. The second-order valence-electron chi connectivity index (χ2n) is 9.39. The van der Waals surface area contributed by atoms with Gasteiger partial charge in [-0.05, 0) is 62.0 Å². The van der Waals surface area contributed by atoms with Crippen LogP contribution in [0.4, 0.5) is 0 Å². The van der Waals surface area contributed by atoms with E-state index in [1.54, 1.807) is 13.0 Å². The largest absolute Gasteiger partial charge is 0.396 e. The van der Waals surface area contributed by atoms with Gasteiger partial charge in [0.25, 0.3) is 0 Å². The Labute approximate surface area is 154 Å². The third-order valence-corrected chi connectivity index (χ3v) is 8.37. The highest BCUT2D eigenvalue weighted by molar-refractivity contribution is 5.95. The fourth-order valence-corrected chi connectivity index (χ4v) is 7.11. The first-order valence-electron chi connectivity index (χ1n) is 9.93. The van der Waals surface area contributed by atoms with Crippen molar-refractivity contribution in [1.82, 2.24) is 0 Å². The van der Waals surface area contributed by atoms with Gasteiger partial charge in [0, 0.05) is 30.3 Å². The average molecular weight is 362 g/mol. The lowest BCUT2D eigenvalue weighted by Gasteiger charge is -2.58. The molecule has 2 N–H and O–H groups in total. The minimum absolute atomic E-state index is 0.0357. The van der Waals surface area contributed by atoms with Crippen LogP contribution in [0.3, 0.4) is 0 Å². The summed E-state index contributed by atoms with van der Waals surface area (Å²) in [5.41, 5.74) is -0.277. The highest BCUT2D eigenvalue weighted by atomic mass is 16.6. The van der Waals surface area contributed by atoms with Crippen molar-refractivity contribution in [3.05, 3.63) is 11.6 Å². The summed E-state index contributed by atoms with van der Waals surface area (Å²) in [6.07, 6.45) is 5.02. The molecule has 144 valence electrons. The highest BCUT2D eigenvalue weighted by Gasteiger charge is 2.70. The van der Waals surface area contributed by atoms with E-state index in [4.69, 9.17) is 4.74 Å². The molecule has 0 aromatic heterocycles. The van der Waals surface area contributed by atoms with Gasteiger partial charge in [-0.15, -0.1) is 0 Å². The van der Waals surface area contributed by atoms with Gasteiger partial charge in [-0.25, -0.2) is 0 Å². The lowest BCUT2D eigenvalue weighted by atomic mass is 9.48. The van der Waals surface area contributed by atoms with Crippen molar-refractivity contribution < 1.29 is 24.5 Å². The van der Waals surface area contributed by atoms with Crippen molar-refractivity contribution in [2.45, 2.75) is 71.2 Å². The Kier molecular flexibility index (Phi) is 4.04. The Morgan fingerprint density at radius 3 is 2.69 bits per heavy atom. The smallest absolute Gasteiger partial charge is 0.159 e. The number of hydrogen-bond acceptors (Lipinski definition) is 5. The lowest BCUT2D eigenvalue weighted by Crippen LogP contribution is -2.59. The van der Waals surface area contributed by atoms with Crippen molar-refractivity contribution in [3.63, 3.8) is 0 Å². The number of Topliss-reactive ketones (excluding diaryl/α,β-unsaturated/α-hetero) is 1. The number of fused-ring (bicyclic) bond motifs is 2. The van der Waals surface area contributed by atoms with Crippen LogP contribution in [0.2, 0.25) is 0 Å². The first-order valence-corrected chi connectivity index (χ1v) is 9.93. The maximum Gasteiger partial charge on any atom is 0.159 e. The fourth-order valence-electron chi connectivity index (χ4n) is 7.11. The number of ether oxygens (including phenoxy) is 1. The molecule has 4 rings (SSSR count). The van der Waals surface area contributed by atoms with Crippen molar-refractivity contribution in [2.75, 3.05) is 6.61 Å². The second kappa shape index (κ2) is 5.73. The van der Waals surface area contributed by atoms with Crippen molar-refractivity contribution in [3.8, 4) is 0 Å². The van der Waals surface area contributed by atoms with Crippen LogP contribution in [0, 0.1) is 28.6 Å². The van der Waals surface area contributed by atoms with Crippen LogP contribution in [0.1, 0.15) is 59.3 Å². The number of hydrogen-bond donors (Lipinski definition) is 2. The van der Waals surface area contributed by atoms with Crippen molar-refractivity contribution >= 4 is 11.6 Å². The number of rotatable bonds is 3. The van der Waals surface area contributed by atoms with E-state index in [9.17, 15) is 19.8 Å². The van der Waals surface area contributed by atoms with Crippen LogP contribution in [-0.2, 0) is 14.3 Å². The molecule has 0 amide bonds. The summed E-state index contributed by atoms with van der Waals surface area (Å²) in [5, 5.41) is 19.9. The number of ketones is 2. The van der Waals surface area contributed by atoms with Crippen LogP contribution in [-0.4, -0.2) is 40.3 Å². The van der Waals surface area contributed by atoms with E-state index in [1.165, 1.54) is 0 Å². The van der Waals surface area contributed by atoms with Crippen molar-refractivity contribution in [1.29, 1.82) is 0 Å². The summed E-state index contributed by atoms with van der Waals surface area (Å²) in [6, 6.07) is 0.